The van der Waals surface area contributed by atoms with E-state index in [1.165, 1.54) is 0 Å². The molecule has 6 heteroatoms. The number of carbonyl (C=O) groups excluding carboxylic acids is 2. The first-order chi connectivity index (χ1) is 8.19. The number of para-hydroxylation sites is 1. The second-order valence-corrected chi connectivity index (χ2v) is 3.53. The molecule has 5 nitrogen and oxygen atoms in total. The fourth-order valence-electron chi connectivity index (χ4n) is 1.38. The molecule has 100 valence electrons. The van der Waals surface area contributed by atoms with Crippen molar-refractivity contribution in [1.82, 2.24) is 10.6 Å². The minimum absolute atomic E-state index is 0. The monoisotopic (exact) mass is 271 g/mol. The predicted octanol–water partition coefficient (Wildman–Crippen LogP) is 1.02. The molecule has 3 N–H and O–H groups in total. The summed E-state index contributed by atoms with van der Waals surface area (Å²) >= 11 is 0. The number of rotatable bonds is 5. The second kappa shape index (κ2) is 8.49. The lowest BCUT2D eigenvalue weighted by atomic mass is 10.1. The predicted molar refractivity (Wildman–Crippen MR) is 74.3 cm³/mol. The van der Waals surface area contributed by atoms with Crippen LogP contribution in [0.25, 0.3) is 0 Å². The second-order valence-electron chi connectivity index (χ2n) is 3.53. The first kappa shape index (κ1) is 16.4. The lowest BCUT2D eigenvalue weighted by Gasteiger charge is -2.09. The molecule has 0 aromatic heterocycles. The molecule has 0 spiro atoms. The normalized spacial score (nSPS) is 9.22. The van der Waals surface area contributed by atoms with Gasteiger partial charge in [0.25, 0.3) is 5.91 Å². The Bertz CT molecular complexity index is 410. The summed E-state index contributed by atoms with van der Waals surface area (Å²) in [6, 6.07) is 6.92. The molecule has 0 saturated carbocycles. The zero-order valence-corrected chi connectivity index (χ0v) is 11.3. The molecular weight excluding hydrogens is 254 g/mol. The van der Waals surface area contributed by atoms with Gasteiger partial charge in [0, 0.05) is 20.0 Å². The average molecular weight is 272 g/mol. The van der Waals surface area contributed by atoms with Gasteiger partial charge in [-0.25, -0.2) is 0 Å². The average Bonchev–Trinajstić information content (AvgIpc) is 2.36. The molecule has 0 aliphatic rings. The Labute approximate surface area is 113 Å². The van der Waals surface area contributed by atoms with Gasteiger partial charge in [-0.1, -0.05) is 12.1 Å². The van der Waals surface area contributed by atoms with Gasteiger partial charge >= 0.3 is 0 Å². The number of hydrogen-bond acceptors (Lipinski definition) is 3. The number of anilines is 1. The van der Waals surface area contributed by atoms with Gasteiger partial charge in [0.15, 0.2) is 0 Å². The molecule has 0 radical (unpaired) electrons. The summed E-state index contributed by atoms with van der Waals surface area (Å²) in [6.45, 7) is 0.605. The minimum Gasteiger partial charge on any atom is -0.355 e. The van der Waals surface area contributed by atoms with Crippen LogP contribution in [0.3, 0.4) is 0 Å². The first-order valence-corrected chi connectivity index (χ1v) is 5.44. The molecule has 1 rings (SSSR count). The van der Waals surface area contributed by atoms with Crippen LogP contribution >= 0.6 is 12.4 Å². The summed E-state index contributed by atoms with van der Waals surface area (Å²) in [7, 11) is 3.34. The van der Waals surface area contributed by atoms with Crippen LogP contribution in [0.5, 0.6) is 0 Å². The Hall–Kier alpha value is -1.59. The van der Waals surface area contributed by atoms with Gasteiger partial charge in [-0.05, 0) is 19.2 Å². The Balaban J connectivity index is 0.00000289. The van der Waals surface area contributed by atoms with Gasteiger partial charge in [-0.2, -0.15) is 0 Å². The van der Waals surface area contributed by atoms with E-state index in [2.05, 4.69) is 16.0 Å². The fourth-order valence-corrected chi connectivity index (χ4v) is 1.38. The van der Waals surface area contributed by atoms with Crippen molar-refractivity contribution in [2.45, 2.75) is 6.42 Å². The van der Waals surface area contributed by atoms with E-state index in [9.17, 15) is 9.59 Å². The van der Waals surface area contributed by atoms with Crippen molar-refractivity contribution in [2.24, 2.45) is 0 Å². The third kappa shape index (κ3) is 4.73. The highest BCUT2D eigenvalue weighted by Gasteiger charge is 2.10. The van der Waals surface area contributed by atoms with Crippen LogP contribution in [0, 0.1) is 0 Å². The van der Waals surface area contributed by atoms with Crippen LogP contribution in [0.2, 0.25) is 0 Å². The van der Waals surface area contributed by atoms with E-state index in [1.807, 2.05) is 0 Å². The van der Waals surface area contributed by atoms with Crippen LogP contribution in [-0.2, 0) is 4.79 Å². The van der Waals surface area contributed by atoms with Crippen LogP contribution in [0.1, 0.15) is 16.8 Å². The quantitative estimate of drug-likeness (QED) is 0.749. The van der Waals surface area contributed by atoms with Crippen LogP contribution in [0.4, 0.5) is 5.69 Å². The highest BCUT2D eigenvalue weighted by Crippen LogP contribution is 2.14. The van der Waals surface area contributed by atoms with Crippen molar-refractivity contribution in [3.63, 3.8) is 0 Å². The largest absolute Gasteiger partial charge is 0.355 e. The van der Waals surface area contributed by atoms with E-state index >= 15 is 0 Å². The Morgan fingerprint density at radius 2 is 1.83 bits per heavy atom. The van der Waals surface area contributed by atoms with Crippen molar-refractivity contribution in [3.05, 3.63) is 29.8 Å². The number of amides is 2. The third-order valence-electron chi connectivity index (χ3n) is 2.27. The van der Waals surface area contributed by atoms with E-state index < -0.39 is 0 Å². The lowest BCUT2D eigenvalue weighted by Crippen LogP contribution is -2.23. The maximum atomic E-state index is 11.6. The number of carbonyl (C=O) groups is 2. The number of hydrogen-bond donors (Lipinski definition) is 3. The van der Waals surface area contributed by atoms with Crippen molar-refractivity contribution < 1.29 is 9.59 Å². The molecule has 2 amide bonds. The van der Waals surface area contributed by atoms with Gasteiger partial charge in [-0.15, -0.1) is 12.4 Å². The summed E-state index contributed by atoms with van der Waals surface area (Å²) in [5.41, 5.74) is 1.00. The van der Waals surface area contributed by atoms with E-state index in [0.29, 0.717) is 24.2 Å². The van der Waals surface area contributed by atoms with Crippen LogP contribution in [-0.4, -0.2) is 32.5 Å². The standard InChI is InChI=1S/C12H17N3O2.ClH/c1-13-8-7-11(16)15-10-6-4-3-5-9(10)12(17)14-2;/h3-6,13H,7-8H2,1-2H3,(H,14,17)(H,15,16);1H. The maximum Gasteiger partial charge on any atom is 0.253 e. The molecule has 0 fully saturated rings. The summed E-state index contributed by atoms with van der Waals surface area (Å²) in [5, 5.41) is 8.15. The van der Waals surface area contributed by atoms with E-state index in [0.717, 1.165) is 0 Å². The zero-order valence-electron chi connectivity index (χ0n) is 10.4. The van der Waals surface area contributed by atoms with Gasteiger partial charge in [0.2, 0.25) is 5.91 Å². The SMILES string of the molecule is CNCCC(=O)Nc1ccccc1C(=O)NC.Cl. The molecule has 0 heterocycles. The molecule has 0 aliphatic carbocycles. The molecule has 18 heavy (non-hydrogen) atoms. The van der Waals surface area contributed by atoms with E-state index in [-0.39, 0.29) is 24.2 Å². The van der Waals surface area contributed by atoms with E-state index in [4.69, 9.17) is 0 Å². The third-order valence-corrected chi connectivity index (χ3v) is 2.27. The van der Waals surface area contributed by atoms with Crippen molar-refractivity contribution >= 4 is 29.9 Å². The van der Waals surface area contributed by atoms with Gasteiger partial charge < -0.3 is 16.0 Å². The maximum absolute atomic E-state index is 11.6. The summed E-state index contributed by atoms with van der Waals surface area (Å²) in [6.07, 6.45) is 0.374. The first-order valence-electron chi connectivity index (χ1n) is 5.44. The van der Waals surface area contributed by atoms with Crippen molar-refractivity contribution in [2.75, 3.05) is 26.0 Å². The topological polar surface area (TPSA) is 70.2 Å². The molecule has 0 bridgehead atoms. The van der Waals surface area contributed by atoms with E-state index in [1.54, 1.807) is 38.4 Å². The molecule has 0 aliphatic heterocycles. The molecule has 1 aromatic carbocycles. The number of nitrogens with one attached hydrogen (secondary N) is 3. The molecular formula is C12H18ClN3O2. The Morgan fingerprint density at radius 1 is 1.17 bits per heavy atom. The van der Waals surface area contributed by atoms with Crippen molar-refractivity contribution in [3.8, 4) is 0 Å². The molecule has 0 unspecified atom stereocenters. The smallest absolute Gasteiger partial charge is 0.253 e. The number of benzene rings is 1. The van der Waals surface area contributed by atoms with Gasteiger partial charge in [-0.3, -0.25) is 9.59 Å². The zero-order chi connectivity index (χ0) is 12.7. The van der Waals surface area contributed by atoms with Gasteiger partial charge in [0.05, 0.1) is 11.3 Å². The summed E-state index contributed by atoms with van der Waals surface area (Å²) in [5.74, 6) is -0.329. The summed E-state index contributed by atoms with van der Waals surface area (Å²) in [4.78, 5) is 23.1. The Kier molecular flexibility index (Phi) is 7.74. The van der Waals surface area contributed by atoms with Crippen LogP contribution < -0.4 is 16.0 Å². The highest BCUT2D eigenvalue weighted by molar-refractivity contribution is 6.03. The highest BCUT2D eigenvalue weighted by atomic mass is 35.5. The Morgan fingerprint density at radius 3 is 2.44 bits per heavy atom. The van der Waals surface area contributed by atoms with Gasteiger partial charge in [0.1, 0.15) is 0 Å². The molecule has 0 saturated heterocycles. The molecule has 0 atom stereocenters. The number of halogens is 1. The van der Waals surface area contributed by atoms with Crippen molar-refractivity contribution in [1.29, 1.82) is 0 Å². The fraction of sp³-hybridized carbons (Fsp3) is 0.333. The molecule has 1 aromatic rings. The summed E-state index contributed by atoms with van der Waals surface area (Å²) < 4.78 is 0. The lowest BCUT2D eigenvalue weighted by molar-refractivity contribution is -0.116. The van der Waals surface area contributed by atoms with Crippen LogP contribution in [0.15, 0.2) is 24.3 Å². The minimum atomic E-state index is -0.213.